The van der Waals surface area contributed by atoms with Gasteiger partial charge in [0.25, 0.3) is 0 Å². The molecular formula is C23H17F5N6O. The van der Waals surface area contributed by atoms with Crippen LogP contribution in [0.25, 0.3) is 11.4 Å². The highest BCUT2D eigenvalue weighted by Gasteiger charge is 2.31. The lowest BCUT2D eigenvalue weighted by atomic mass is 10.1. The number of aromatic nitrogens is 5. The number of aryl methyl sites for hydroxylation is 1. The molecule has 12 heteroatoms. The smallest absolute Gasteiger partial charge is 0.366 e. The van der Waals surface area contributed by atoms with Gasteiger partial charge >= 0.3 is 6.18 Å². The number of nitrogens with zero attached hydrogens (tertiary/aromatic N) is 4. The van der Waals surface area contributed by atoms with Gasteiger partial charge in [-0.2, -0.15) is 13.2 Å². The molecule has 35 heavy (non-hydrogen) atoms. The Morgan fingerprint density at radius 3 is 2.60 bits per heavy atom. The summed E-state index contributed by atoms with van der Waals surface area (Å²) in [5, 5.41) is 2.81. The number of nitrogens with one attached hydrogen (secondary N) is 2. The van der Waals surface area contributed by atoms with Crippen LogP contribution < -0.4 is 5.32 Å². The number of hydrogen-bond acceptors (Lipinski definition) is 6. The second-order valence-corrected chi connectivity index (χ2v) is 7.47. The molecule has 0 saturated heterocycles. The molecule has 0 aliphatic carbocycles. The van der Waals surface area contributed by atoms with E-state index in [1.54, 1.807) is 12.4 Å². The molecule has 0 fully saturated rings. The average molecular weight is 488 g/mol. The molecule has 1 aromatic carbocycles. The Labute approximate surface area is 195 Å². The summed E-state index contributed by atoms with van der Waals surface area (Å²) in [5.41, 5.74) is -0.994. The van der Waals surface area contributed by atoms with Crippen molar-refractivity contribution >= 4 is 11.6 Å². The van der Waals surface area contributed by atoms with Gasteiger partial charge in [0.15, 0.2) is 11.6 Å². The normalized spacial score (nSPS) is 11.5. The van der Waals surface area contributed by atoms with E-state index in [0.29, 0.717) is 18.4 Å². The molecule has 0 atom stereocenters. The Balaban J connectivity index is 1.65. The van der Waals surface area contributed by atoms with E-state index in [0.717, 1.165) is 24.4 Å². The number of carbonyl (C=O) groups excluding carboxylic acids is 1. The standard InChI is InChI=1S/C23H17F5N6O/c24-16-2-1-13(17(25)8-16)11-32-21-9-18(19(35)3-4-20-30-5-6-31-20)33-22(34-21)14-7-15(12-29-10-14)23(26,27)28/h1-2,5-10,12H,3-4,11H2,(H,30,31)(H,32,33,34). The van der Waals surface area contributed by atoms with Crippen LogP contribution in [0.1, 0.15) is 33.9 Å². The first-order valence-electron chi connectivity index (χ1n) is 10.3. The highest BCUT2D eigenvalue weighted by Crippen LogP contribution is 2.31. The summed E-state index contributed by atoms with van der Waals surface area (Å²) in [4.78, 5) is 31.7. The van der Waals surface area contributed by atoms with Crippen LogP contribution in [0.15, 0.2) is 55.1 Å². The van der Waals surface area contributed by atoms with E-state index in [1.165, 1.54) is 12.1 Å². The van der Waals surface area contributed by atoms with E-state index in [2.05, 4.69) is 30.2 Å². The first-order valence-corrected chi connectivity index (χ1v) is 10.3. The zero-order valence-corrected chi connectivity index (χ0v) is 17.9. The van der Waals surface area contributed by atoms with E-state index < -0.39 is 29.2 Å². The summed E-state index contributed by atoms with van der Waals surface area (Å²) in [6.07, 6.45) is 0.639. The van der Waals surface area contributed by atoms with Crippen LogP contribution in [0.3, 0.4) is 0 Å². The number of halogens is 5. The average Bonchev–Trinajstić information content (AvgIpc) is 3.35. The molecular weight excluding hydrogens is 471 g/mol. The number of anilines is 1. The summed E-state index contributed by atoms with van der Waals surface area (Å²) in [6.45, 7) is -0.122. The number of carbonyl (C=O) groups is 1. The van der Waals surface area contributed by atoms with Crippen LogP contribution in [-0.4, -0.2) is 30.7 Å². The van der Waals surface area contributed by atoms with Crippen molar-refractivity contribution in [1.29, 1.82) is 0 Å². The maximum absolute atomic E-state index is 14.0. The highest BCUT2D eigenvalue weighted by molar-refractivity contribution is 5.95. The molecule has 3 aromatic heterocycles. The minimum Gasteiger partial charge on any atom is -0.366 e. The van der Waals surface area contributed by atoms with E-state index in [1.807, 2.05) is 0 Å². The zero-order chi connectivity index (χ0) is 25.0. The van der Waals surface area contributed by atoms with Gasteiger partial charge in [-0.25, -0.2) is 23.7 Å². The molecule has 180 valence electrons. The second-order valence-electron chi connectivity index (χ2n) is 7.47. The zero-order valence-electron chi connectivity index (χ0n) is 17.9. The summed E-state index contributed by atoms with van der Waals surface area (Å²) in [6, 6.07) is 5.19. The van der Waals surface area contributed by atoms with Crippen molar-refractivity contribution in [3.8, 4) is 11.4 Å². The third kappa shape index (κ3) is 6.02. The van der Waals surface area contributed by atoms with Gasteiger partial charge in [0.1, 0.15) is 29.0 Å². The highest BCUT2D eigenvalue weighted by atomic mass is 19.4. The fraction of sp³-hybridized carbons (Fsp3) is 0.174. The predicted octanol–water partition coefficient (Wildman–Crippen LogP) is 4.99. The van der Waals surface area contributed by atoms with Crippen molar-refractivity contribution in [2.24, 2.45) is 0 Å². The van der Waals surface area contributed by atoms with Gasteiger partial charge < -0.3 is 10.3 Å². The van der Waals surface area contributed by atoms with Crippen LogP contribution in [-0.2, 0) is 19.1 Å². The number of pyridine rings is 1. The van der Waals surface area contributed by atoms with Crippen LogP contribution in [0.2, 0.25) is 0 Å². The van der Waals surface area contributed by atoms with Crippen molar-refractivity contribution in [3.63, 3.8) is 0 Å². The van der Waals surface area contributed by atoms with Gasteiger partial charge in [-0.15, -0.1) is 0 Å². The Kier molecular flexibility index (Phi) is 6.80. The van der Waals surface area contributed by atoms with Crippen LogP contribution >= 0.6 is 0 Å². The predicted molar refractivity (Wildman–Crippen MR) is 115 cm³/mol. The minimum absolute atomic E-state index is 0.0246. The number of Topliss-reactive ketones (excluding diaryl/α,β-unsaturated/α-hetero) is 1. The fourth-order valence-corrected chi connectivity index (χ4v) is 3.17. The van der Waals surface area contributed by atoms with Crippen molar-refractivity contribution in [3.05, 3.63) is 89.4 Å². The topological polar surface area (TPSA) is 96.5 Å². The Hall–Kier alpha value is -4.22. The first-order chi connectivity index (χ1) is 16.7. The molecule has 0 spiro atoms. The third-order valence-electron chi connectivity index (χ3n) is 4.95. The molecule has 0 radical (unpaired) electrons. The molecule has 4 rings (SSSR count). The van der Waals surface area contributed by atoms with Gasteiger partial charge in [0.2, 0.25) is 0 Å². The summed E-state index contributed by atoms with van der Waals surface area (Å²) in [7, 11) is 0. The summed E-state index contributed by atoms with van der Waals surface area (Å²) in [5.74, 6) is -1.45. The van der Waals surface area contributed by atoms with Crippen molar-refractivity contribution < 1.29 is 26.7 Å². The quantitative estimate of drug-likeness (QED) is 0.268. The van der Waals surface area contributed by atoms with E-state index in [-0.39, 0.29) is 41.4 Å². The summed E-state index contributed by atoms with van der Waals surface area (Å²) >= 11 is 0. The lowest BCUT2D eigenvalue weighted by Gasteiger charge is -2.12. The largest absolute Gasteiger partial charge is 0.417 e. The van der Waals surface area contributed by atoms with Gasteiger partial charge in [0.05, 0.1) is 5.56 Å². The minimum atomic E-state index is -4.64. The Morgan fingerprint density at radius 1 is 1.06 bits per heavy atom. The molecule has 0 unspecified atom stereocenters. The number of alkyl halides is 3. The van der Waals surface area contributed by atoms with Crippen LogP contribution in [0, 0.1) is 11.6 Å². The maximum atomic E-state index is 14.0. The molecule has 2 N–H and O–H groups in total. The fourth-order valence-electron chi connectivity index (χ4n) is 3.17. The van der Waals surface area contributed by atoms with Crippen LogP contribution in [0.5, 0.6) is 0 Å². The molecule has 0 saturated carbocycles. The Bertz CT molecular complexity index is 1340. The van der Waals surface area contributed by atoms with Gasteiger partial charge in [-0.3, -0.25) is 9.78 Å². The van der Waals surface area contributed by atoms with Crippen molar-refractivity contribution in [1.82, 2.24) is 24.9 Å². The molecule has 4 aromatic rings. The van der Waals surface area contributed by atoms with Gasteiger partial charge in [-0.05, 0) is 12.1 Å². The van der Waals surface area contributed by atoms with E-state index in [9.17, 15) is 26.7 Å². The van der Waals surface area contributed by atoms with Gasteiger partial charge in [0, 0.05) is 67.4 Å². The number of imidazole rings is 1. The molecule has 0 amide bonds. The summed E-state index contributed by atoms with van der Waals surface area (Å²) < 4.78 is 66.7. The molecule has 7 nitrogen and oxygen atoms in total. The number of ketones is 1. The van der Waals surface area contributed by atoms with E-state index in [4.69, 9.17) is 0 Å². The van der Waals surface area contributed by atoms with E-state index >= 15 is 0 Å². The number of aromatic amines is 1. The number of rotatable bonds is 8. The molecule has 0 aliphatic heterocycles. The monoisotopic (exact) mass is 488 g/mol. The van der Waals surface area contributed by atoms with Crippen molar-refractivity contribution in [2.75, 3.05) is 5.32 Å². The first kappa shape index (κ1) is 23.9. The Morgan fingerprint density at radius 2 is 1.89 bits per heavy atom. The van der Waals surface area contributed by atoms with Crippen LogP contribution in [0.4, 0.5) is 27.8 Å². The lowest BCUT2D eigenvalue weighted by Crippen LogP contribution is -2.11. The molecule has 0 aliphatic rings. The molecule has 0 bridgehead atoms. The second kappa shape index (κ2) is 9.95. The lowest BCUT2D eigenvalue weighted by molar-refractivity contribution is -0.137. The maximum Gasteiger partial charge on any atom is 0.417 e. The number of benzene rings is 1. The third-order valence-corrected chi connectivity index (χ3v) is 4.95. The number of hydrogen-bond donors (Lipinski definition) is 2. The van der Waals surface area contributed by atoms with Crippen molar-refractivity contribution in [2.45, 2.75) is 25.6 Å². The number of H-pyrrole nitrogens is 1. The van der Waals surface area contributed by atoms with Gasteiger partial charge in [-0.1, -0.05) is 6.07 Å². The SMILES string of the molecule is O=C(CCc1ncc[nH]1)c1cc(NCc2ccc(F)cc2F)nc(-c2cncc(C(F)(F)F)c2)n1. The molecule has 3 heterocycles.